The fourth-order valence-electron chi connectivity index (χ4n) is 3.31. The Labute approximate surface area is 145 Å². The zero-order valence-electron chi connectivity index (χ0n) is 13.6. The predicted octanol–water partition coefficient (Wildman–Crippen LogP) is 3.29. The lowest BCUT2D eigenvalue weighted by Gasteiger charge is -2.16. The highest BCUT2D eigenvalue weighted by Gasteiger charge is 2.32. The Balaban J connectivity index is 1.92. The lowest BCUT2D eigenvalue weighted by Crippen LogP contribution is -2.30. The molecule has 0 aliphatic carbocycles. The number of aromatic nitrogens is 1. The number of carboxylic acid groups (broad SMARTS) is 1. The van der Waals surface area contributed by atoms with Crippen LogP contribution < -0.4 is 0 Å². The second-order valence-corrected chi connectivity index (χ2v) is 6.61. The molecular weight excluding hydrogens is 328 g/mol. The standard InChI is InChI=1S/C18H19ClN2O3/c1-11-8-16(17(22)20-7-6-13(10-20)18(23)24)12(2)21(11)15-5-3-4-14(19)9-15/h3-5,8-9,13H,6-7,10H2,1-2H3,(H,23,24). The Morgan fingerprint density at radius 3 is 2.62 bits per heavy atom. The summed E-state index contributed by atoms with van der Waals surface area (Å²) in [6, 6.07) is 9.33. The molecule has 0 spiro atoms. The number of nitrogens with zero attached hydrogens (tertiary/aromatic N) is 2. The quantitative estimate of drug-likeness (QED) is 0.927. The van der Waals surface area contributed by atoms with Crippen molar-refractivity contribution < 1.29 is 14.7 Å². The van der Waals surface area contributed by atoms with Crippen LogP contribution in [0.1, 0.15) is 28.2 Å². The number of hydrogen-bond acceptors (Lipinski definition) is 2. The van der Waals surface area contributed by atoms with Gasteiger partial charge in [-0.2, -0.15) is 0 Å². The topological polar surface area (TPSA) is 62.5 Å². The molecule has 24 heavy (non-hydrogen) atoms. The molecule has 1 fully saturated rings. The van der Waals surface area contributed by atoms with Crippen molar-refractivity contribution in [2.24, 2.45) is 5.92 Å². The predicted molar refractivity (Wildman–Crippen MR) is 91.9 cm³/mol. The van der Waals surface area contributed by atoms with Crippen LogP contribution in [0.3, 0.4) is 0 Å². The smallest absolute Gasteiger partial charge is 0.308 e. The molecule has 1 aromatic heterocycles. The molecule has 2 aromatic rings. The maximum atomic E-state index is 12.8. The second-order valence-electron chi connectivity index (χ2n) is 6.18. The van der Waals surface area contributed by atoms with Crippen molar-refractivity contribution in [3.8, 4) is 5.69 Å². The van der Waals surface area contributed by atoms with Crippen LogP contribution in [0.25, 0.3) is 5.69 Å². The number of benzene rings is 1. The van der Waals surface area contributed by atoms with Crippen LogP contribution in [0.2, 0.25) is 5.02 Å². The molecule has 0 radical (unpaired) electrons. The van der Waals surface area contributed by atoms with E-state index in [1.165, 1.54) is 0 Å². The summed E-state index contributed by atoms with van der Waals surface area (Å²) < 4.78 is 1.99. The van der Waals surface area contributed by atoms with E-state index in [0.717, 1.165) is 17.1 Å². The van der Waals surface area contributed by atoms with E-state index < -0.39 is 11.9 Å². The van der Waals surface area contributed by atoms with E-state index in [4.69, 9.17) is 16.7 Å². The molecule has 5 nitrogen and oxygen atoms in total. The number of aliphatic carboxylic acids is 1. The minimum absolute atomic E-state index is 0.111. The summed E-state index contributed by atoms with van der Waals surface area (Å²) in [6.45, 7) is 4.59. The van der Waals surface area contributed by atoms with Crippen LogP contribution in [0.5, 0.6) is 0 Å². The Bertz CT molecular complexity index is 813. The number of carbonyl (C=O) groups excluding carboxylic acids is 1. The van der Waals surface area contributed by atoms with Crippen LogP contribution in [0.4, 0.5) is 0 Å². The fraction of sp³-hybridized carbons (Fsp3) is 0.333. The van der Waals surface area contributed by atoms with Gasteiger partial charge in [0.05, 0.1) is 11.5 Å². The highest BCUT2D eigenvalue weighted by atomic mass is 35.5. The third-order valence-electron chi connectivity index (χ3n) is 4.55. The van der Waals surface area contributed by atoms with Crippen LogP contribution in [-0.2, 0) is 4.79 Å². The highest BCUT2D eigenvalue weighted by molar-refractivity contribution is 6.30. The second kappa shape index (κ2) is 6.32. The van der Waals surface area contributed by atoms with Gasteiger partial charge in [0.2, 0.25) is 0 Å². The summed E-state index contributed by atoms with van der Waals surface area (Å²) in [5, 5.41) is 9.74. The molecule has 0 bridgehead atoms. The average molecular weight is 347 g/mol. The Kier molecular flexibility index (Phi) is 4.37. The number of amides is 1. The number of rotatable bonds is 3. The van der Waals surface area contributed by atoms with Crippen molar-refractivity contribution in [2.45, 2.75) is 20.3 Å². The minimum atomic E-state index is -0.838. The van der Waals surface area contributed by atoms with Gasteiger partial charge in [-0.25, -0.2) is 0 Å². The maximum Gasteiger partial charge on any atom is 0.308 e. The van der Waals surface area contributed by atoms with E-state index in [2.05, 4.69) is 0 Å². The summed E-state index contributed by atoms with van der Waals surface area (Å²) in [5.74, 6) is -1.42. The van der Waals surface area contributed by atoms with Gasteiger partial charge in [0.1, 0.15) is 0 Å². The number of halogens is 1. The Morgan fingerprint density at radius 1 is 1.25 bits per heavy atom. The van der Waals surface area contributed by atoms with E-state index in [1.54, 1.807) is 4.90 Å². The average Bonchev–Trinajstić information content (AvgIpc) is 3.12. The molecule has 1 unspecified atom stereocenters. The van der Waals surface area contributed by atoms with E-state index in [9.17, 15) is 9.59 Å². The molecule has 1 aromatic carbocycles. The maximum absolute atomic E-state index is 12.8. The largest absolute Gasteiger partial charge is 0.481 e. The summed E-state index contributed by atoms with van der Waals surface area (Å²) in [6.07, 6.45) is 0.508. The highest BCUT2D eigenvalue weighted by Crippen LogP contribution is 2.26. The van der Waals surface area contributed by atoms with Gasteiger partial charge in [0.15, 0.2) is 0 Å². The molecule has 2 heterocycles. The van der Waals surface area contributed by atoms with Crippen molar-refractivity contribution in [1.82, 2.24) is 9.47 Å². The SMILES string of the molecule is Cc1cc(C(=O)N2CCC(C(=O)O)C2)c(C)n1-c1cccc(Cl)c1. The van der Waals surface area contributed by atoms with Crippen molar-refractivity contribution in [3.05, 3.63) is 52.3 Å². The number of aryl methyl sites for hydroxylation is 1. The van der Waals surface area contributed by atoms with E-state index in [-0.39, 0.29) is 12.5 Å². The first-order valence-corrected chi connectivity index (χ1v) is 8.23. The third kappa shape index (κ3) is 2.91. The van der Waals surface area contributed by atoms with Gasteiger partial charge in [-0.3, -0.25) is 9.59 Å². The Morgan fingerprint density at radius 2 is 2.00 bits per heavy atom. The number of carboxylic acids is 1. The lowest BCUT2D eigenvalue weighted by molar-refractivity contribution is -0.141. The Hall–Kier alpha value is -2.27. The third-order valence-corrected chi connectivity index (χ3v) is 4.79. The van der Waals surface area contributed by atoms with Crippen molar-refractivity contribution in [2.75, 3.05) is 13.1 Å². The molecule has 1 aliphatic rings. The van der Waals surface area contributed by atoms with Crippen LogP contribution in [0.15, 0.2) is 30.3 Å². The lowest BCUT2D eigenvalue weighted by atomic mass is 10.1. The van der Waals surface area contributed by atoms with Crippen LogP contribution >= 0.6 is 11.6 Å². The normalized spacial score (nSPS) is 17.3. The van der Waals surface area contributed by atoms with E-state index in [0.29, 0.717) is 23.6 Å². The number of carbonyl (C=O) groups is 2. The van der Waals surface area contributed by atoms with Gasteiger partial charge in [-0.1, -0.05) is 17.7 Å². The zero-order chi connectivity index (χ0) is 17.4. The van der Waals surface area contributed by atoms with Crippen LogP contribution in [0, 0.1) is 19.8 Å². The van der Waals surface area contributed by atoms with Crippen molar-refractivity contribution in [3.63, 3.8) is 0 Å². The molecule has 1 atom stereocenters. The zero-order valence-corrected chi connectivity index (χ0v) is 14.4. The molecule has 126 valence electrons. The first kappa shape index (κ1) is 16.6. The summed E-state index contributed by atoms with van der Waals surface area (Å²) in [4.78, 5) is 25.5. The molecule has 1 saturated heterocycles. The summed E-state index contributed by atoms with van der Waals surface area (Å²) in [7, 11) is 0. The molecule has 1 aliphatic heterocycles. The molecule has 0 saturated carbocycles. The summed E-state index contributed by atoms with van der Waals surface area (Å²) in [5.41, 5.74) is 3.28. The first-order valence-electron chi connectivity index (χ1n) is 7.85. The van der Waals surface area contributed by atoms with Gasteiger partial charge in [-0.05, 0) is 44.5 Å². The van der Waals surface area contributed by atoms with Gasteiger partial charge in [0.25, 0.3) is 5.91 Å². The monoisotopic (exact) mass is 346 g/mol. The van der Waals surface area contributed by atoms with Gasteiger partial charge in [0, 0.05) is 35.2 Å². The minimum Gasteiger partial charge on any atom is -0.481 e. The summed E-state index contributed by atoms with van der Waals surface area (Å²) >= 11 is 6.07. The van der Waals surface area contributed by atoms with Crippen molar-refractivity contribution >= 4 is 23.5 Å². The fourth-order valence-corrected chi connectivity index (χ4v) is 3.49. The molecule has 3 rings (SSSR count). The van der Waals surface area contributed by atoms with Gasteiger partial charge >= 0.3 is 5.97 Å². The molecule has 1 amide bonds. The van der Waals surface area contributed by atoms with E-state index in [1.807, 2.05) is 48.7 Å². The van der Waals surface area contributed by atoms with Gasteiger partial charge in [-0.15, -0.1) is 0 Å². The first-order chi connectivity index (χ1) is 11.4. The van der Waals surface area contributed by atoms with Crippen LogP contribution in [-0.4, -0.2) is 39.5 Å². The van der Waals surface area contributed by atoms with E-state index >= 15 is 0 Å². The molecule has 1 N–H and O–H groups in total. The molecular formula is C18H19ClN2O3. The number of hydrogen-bond donors (Lipinski definition) is 1. The van der Waals surface area contributed by atoms with Gasteiger partial charge < -0.3 is 14.6 Å². The van der Waals surface area contributed by atoms with Crippen molar-refractivity contribution in [1.29, 1.82) is 0 Å². The molecule has 6 heteroatoms. The number of likely N-dealkylation sites (tertiary alicyclic amines) is 1.